The minimum Gasteiger partial charge on any atom is -0.456 e. The van der Waals surface area contributed by atoms with Crippen LogP contribution < -0.4 is 17.0 Å². The van der Waals surface area contributed by atoms with Crippen molar-refractivity contribution in [3.05, 3.63) is 57.0 Å². The van der Waals surface area contributed by atoms with Gasteiger partial charge in [0.05, 0.1) is 17.4 Å². The molecule has 0 aliphatic heterocycles. The van der Waals surface area contributed by atoms with Crippen LogP contribution in [0.25, 0.3) is 11.0 Å². The first-order valence-electron chi connectivity index (χ1n) is 7.95. The maximum atomic E-state index is 12.3. The Balaban J connectivity index is 1.74. The Morgan fingerprint density at radius 1 is 1.15 bits per heavy atom. The van der Waals surface area contributed by atoms with E-state index < -0.39 is 29.6 Å². The SMILES string of the molecule is Cn1c(N)c(C(=O)COC(=O)Cn2cnc3ccccc32)c(=O)n(C)c1=O. The number of hydrogen-bond acceptors (Lipinski definition) is 7. The zero-order valence-corrected chi connectivity index (χ0v) is 14.7. The molecule has 0 atom stereocenters. The number of aromatic nitrogens is 4. The van der Waals surface area contributed by atoms with E-state index in [1.807, 2.05) is 12.1 Å². The largest absolute Gasteiger partial charge is 0.456 e. The topological polar surface area (TPSA) is 131 Å². The summed E-state index contributed by atoms with van der Waals surface area (Å²) in [4.78, 5) is 52.5. The first kappa shape index (κ1) is 18.1. The van der Waals surface area contributed by atoms with E-state index in [1.54, 1.807) is 16.7 Å². The molecule has 0 fully saturated rings. The number of benzene rings is 1. The maximum absolute atomic E-state index is 12.3. The Morgan fingerprint density at radius 3 is 2.59 bits per heavy atom. The van der Waals surface area contributed by atoms with Crippen LogP contribution in [0.4, 0.5) is 5.82 Å². The van der Waals surface area contributed by atoms with E-state index in [0.29, 0.717) is 0 Å². The first-order chi connectivity index (χ1) is 12.8. The summed E-state index contributed by atoms with van der Waals surface area (Å²) >= 11 is 0. The van der Waals surface area contributed by atoms with E-state index in [-0.39, 0.29) is 17.9 Å². The number of ether oxygens (including phenoxy) is 1. The second-order valence-electron chi connectivity index (χ2n) is 5.91. The van der Waals surface area contributed by atoms with Crippen LogP contribution in [0.15, 0.2) is 40.2 Å². The Morgan fingerprint density at radius 2 is 1.85 bits per heavy atom. The fourth-order valence-corrected chi connectivity index (χ4v) is 2.66. The van der Waals surface area contributed by atoms with E-state index >= 15 is 0 Å². The molecular formula is C17H17N5O5. The summed E-state index contributed by atoms with van der Waals surface area (Å²) in [5, 5.41) is 0. The minimum atomic E-state index is -0.836. The molecule has 0 spiro atoms. The quantitative estimate of drug-likeness (QED) is 0.470. The average Bonchev–Trinajstić information content (AvgIpc) is 3.06. The number of rotatable bonds is 5. The average molecular weight is 371 g/mol. The van der Waals surface area contributed by atoms with Crippen molar-refractivity contribution < 1.29 is 14.3 Å². The Labute approximate surface area is 152 Å². The number of fused-ring (bicyclic) bond motifs is 1. The predicted octanol–water partition coefficient (Wildman–Crippen LogP) is -0.558. The Hall–Kier alpha value is -3.69. The molecule has 0 radical (unpaired) electrons. The van der Waals surface area contributed by atoms with Crippen molar-refractivity contribution in [2.75, 3.05) is 12.3 Å². The van der Waals surface area contributed by atoms with Crippen molar-refractivity contribution >= 4 is 28.6 Å². The highest BCUT2D eigenvalue weighted by molar-refractivity contribution is 6.01. The van der Waals surface area contributed by atoms with E-state index in [4.69, 9.17) is 10.5 Å². The molecule has 2 heterocycles. The van der Waals surface area contributed by atoms with Crippen molar-refractivity contribution in [2.24, 2.45) is 14.1 Å². The van der Waals surface area contributed by atoms with Crippen molar-refractivity contribution in [3.8, 4) is 0 Å². The Bertz CT molecular complexity index is 1170. The second kappa shape index (κ2) is 6.90. The van der Waals surface area contributed by atoms with Crippen molar-refractivity contribution in [1.82, 2.24) is 18.7 Å². The third-order valence-corrected chi connectivity index (χ3v) is 4.18. The standard InChI is InChI=1S/C17H17N5O5/c1-20-15(18)14(16(25)21(2)17(20)26)12(23)8-27-13(24)7-22-9-19-10-5-3-4-6-11(10)22/h3-6,9H,7-8,18H2,1-2H3. The summed E-state index contributed by atoms with van der Waals surface area (Å²) in [7, 11) is 2.57. The smallest absolute Gasteiger partial charge is 0.332 e. The number of anilines is 1. The molecule has 27 heavy (non-hydrogen) atoms. The van der Waals surface area contributed by atoms with Crippen LogP contribution >= 0.6 is 0 Å². The number of carbonyl (C=O) groups is 2. The minimum absolute atomic E-state index is 0.144. The monoisotopic (exact) mass is 371 g/mol. The molecule has 0 saturated carbocycles. The van der Waals surface area contributed by atoms with Gasteiger partial charge in [0, 0.05) is 14.1 Å². The highest BCUT2D eigenvalue weighted by Crippen LogP contribution is 2.11. The molecule has 10 nitrogen and oxygen atoms in total. The van der Waals surface area contributed by atoms with Crippen LogP contribution in [0.2, 0.25) is 0 Å². The lowest BCUT2D eigenvalue weighted by Gasteiger charge is -2.11. The number of esters is 1. The molecule has 0 aliphatic rings. The van der Waals surface area contributed by atoms with Gasteiger partial charge in [-0.3, -0.25) is 23.5 Å². The van der Waals surface area contributed by atoms with Gasteiger partial charge < -0.3 is 15.0 Å². The number of carbonyl (C=O) groups excluding carboxylic acids is 2. The van der Waals surface area contributed by atoms with Gasteiger partial charge in [0.25, 0.3) is 5.56 Å². The lowest BCUT2D eigenvalue weighted by Crippen LogP contribution is -2.42. The molecule has 3 aromatic rings. The number of nitrogen functional groups attached to an aromatic ring is 1. The van der Waals surface area contributed by atoms with Crippen LogP contribution in [-0.4, -0.2) is 37.0 Å². The number of imidazole rings is 1. The highest BCUT2D eigenvalue weighted by atomic mass is 16.5. The highest BCUT2D eigenvalue weighted by Gasteiger charge is 2.21. The van der Waals surface area contributed by atoms with Crippen LogP contribution in [-0.2, 0) is 30.2 Å². The number of ketones is 1. The maximum Gasteiger partial charge on any atom is 0.332 e. The second-order valence-corrected chi connectivity index (χ2v) is 5.91. The molecule has 0 saturated heterocycles. The number of para-hydroxylation sites is 2. The van der Waals surface area contributed by atoms with E-state index in [9.17, 15) is 19.2 Å². The van der Waals surface area contributed by atoms with Gasteiger partial charge in [-0.1, -0.05) is 12.1 Å². The van der Waals surface area contributed by atoms with E-state index in [1.165, 1.54) is 20.4 Å². The molecule has 0 bridgehead atoms. The summed E-state index contributed by atoms with van der Waals surface area (Å²) < 4.78 is 8.30. The van der Waals surface area contributed by atoms with Gasteiger partial charge in [-0.15, -0.1) is 0 Å². The summed E-state index contributed by atoms with van der Waals surface area (Å²) in [5.41, 5.74) is 5.30. The van der Waals surface area contributed by atoms with E-state index in [2.05, 4.69) is 4.98 Å². The number of nitrogens with zero attached hydrogens (tertiary/aromatic N) is 4. The Kier molecular flexibility index (Phi) is 4.63. The van der Waals surface area contributed by atoms with Crippen LogP contribution in [0.5, 0.6) is 0 Å². The van der Waals surface area contributed by atoms with Crippen molar-refractivity contribution in [2.45, 2.75) is 6.54 Å². The van der Waals surface area contributed by atoms with E-state index in [0.717, 1.165) is 20.2 Å². The number of nitrogens with two attached hydrogens (primary N) is 1. The van der Waals surface area contributed by atoms with Gasteiger partial charge in [-0.2, -0.15) is 0 Å². The summed E-state index contributed by atoms with van der Waals surface area (Å²) in [5.74, 6) is -1.73. The third kappa shape index (κ3) is 3.24. The van der Waals surface area contributed by atoms with Gasteiger partial charge in [0.1, 0.15) is 17.9 Å². The summed E-state index contributed by atoms with van der Waals surface area (Å²) in [6.07, 6.45) is 1.49. The molecule has 2 N–H and O–H groups in total. The van der Waals surface area contributed by atoms with Crippen molar-refractivity contribution in [3.63, 3.8) is 0 Å². The lowest BCUT2D eigenvalue weighted by atomic mass is 10.2. The molecule has 0 amide bonds. The van der Waals surface area contributed by atoms with Gasteiger partial charge in [-0.05, 0) is 12.1 Å². The van der Waals surface area contributed by atoms with Crippen LogP contribution in [0.1, 0.15) is 10.4 Å². The number of hydrogen-bond donors (Lipinski definition) is 1. The molecule has 10 heteroatoms. The van der Waals surface area contributed by atoms with Crippen LogP contribution in [0.3, 0.4) is 0 Å². The number of Topliss-reactive ketones (excluding diaryl/α,β-unsaturated/α-hetero) is 1. The normalized spacial score (nSPS) is 10.9. The molecule has 1 aromatic carbocycles. The van der Waals surface area contributed by atoms with Crippen molar-refractivity contribution in [1.29, 1.82) is 0 Å². The first-order valence-corrected chi connectivity index (χ1v) is 7.95. The summed E-state index contributed by atoms with van der Waals surface area (Å²) in [6, 6.07) is 7.25. The third-order valence-electron chi connectivity index (χ3n) is 4.18. The van der Waals surface area contributed by atoms with Crippen LogP contribution in [0, 0.1) is 0 Å². The zero-order chi connectivity index (χ0) is 19.7. The molecular weight excluding hydrogens is 354 g/mol. The molecule has 3 rings (SSSR count). The predicted molar refractivity (Wildman–Crippen MR) is 96.4 cm³/mol. The van der Waals surface area contributed by atoms with Gasteiger partial charge in [0.2, 0.25) is 5.78 Å². The van der Waals surface area contributed by atoms with Gasteiger partial charge in [0.15, 0.2) is 6.61 Å². The fourth-order valence-electron chi connectivity index (χ4n) is 2.66. The lowest BCUT2D eigenvalue weighted by molar-refractivity contribution is -0.143. The molecule has 140 valence electrons. The fraction of sp³-hybridized carbons (Fsp3) is 0.235. The molecule has 2 aromatic heterocycles. The molecule has 0 aliphatic carbocycles. The summed E-state index contributed by atoms with van der Waals surface area (Å²) in [6.45, 7) is -0.808. The van der Waals surface area contributed by atoms with Gasteiger partial charge >= 0.3 is 11.7 Å². The van der Waals surface area contributed by atoms with Gasteiger partial charge in [-0.25, -0.2) is 9.78 Å². The zero-order valence-electron chi connectivity index (χ0n) is 14.7. The molecule has 0 unspecified atom stereocenters.